The van der Waals surface area contributed by atoms with Gasteiger partial charge in [0.1, 0.15) is 11.1 Å². The van der Waals surface area contributed by atoms with Gasteiger partial charge in [-0.1, -0.05) is 0 Å². The van der Waals surface area contributed by atoms with Crippen LogP contribution in [0.2, 0.25) is 0 Å². The molecule has 0 radical (unpaired) electrons. The number of likely N-dealkylation sites (N-methyl/N-ethyl adjacent to an activating group) is 1. The van der Waals surface area contributed by atoms with Crippen LogP contribution in [0.25, 0.3) is 0 Å². The maximum absolute atomic E-state index is 11.6. The van der Waals surface area contributed by atoms with Gasteiger partial charge in [-0.2, -0.15) is 0 Å². The minimum Gasteiger partial charge on any atom is -0.444 e. The quantitative estimate of drug-likeness (QED) is 0.741. The van der Waals surface area contributed by atoms with Crippen molar-refractivity contribution in [3.8, 4) is 0 Å². The zero-order valence-corrected chi connectivity index (χ0v) is 9.66. The molecule has 1 rings (SSSR count). The largest absolute Gasteiger partial charge is 0.444 e. The van der Waals surface area contributed by atoms with E-state index in [0.29, 0.717) is 12.8 Å². The van der Waals surface area contributed by atoms with Crippen LogP contribution in [0.4, 0.5) is 4.79 Å². The van der Waals surface area contributed by atoms with Crippen LogP contribution in [0.15, 0.2) is 0 Å². The first-order valence-corrected chi connectivity index (χ1v) is 4.96. The smallest absolute Gasteiger partial charge is 0.410 e. The molecule has 1 fully saturated rings. The number of primary amides is 1. The van der Waals surface area contributed by atoms with Crippen molar-refractivity contribution in [3.63, 3.8) is 0 Å². The van der Waals surface area contributed by atoms with Crippen LogP contribution >= 0.6 is 0 Å². The first kappa shape index (κ1) is 11.8. The third kappa shape index (κ3) is 2.40. The third-order valence-corrected chi connectivity index (χ3v) is 2.49. The van der Waals surface area contributed by atoms with Crippen molar-refractivity contribution in [2.75, 3.05) is 7.05 Å². The number of rotatable bonds is 2. The predicted octanol–water partition coefficient (Wildman–Crippen LogP) is 0.871. The van der Waals surface area contributed by atoms with Crippen LogP contribution < -0.4 is 5.73 Å². The number of amides is 2. The lowest BCUT2D eigenvalue weighted by Crippen LogP contribution is -2.49. The number of nitrogens with two attached hydrogens (primary N) is 1. The Labute approximate surface area is 89.6 Å². The lowest BCUT2D eigenvalue weighted by atomic mass is 10.2. The first-order chi connectivity index (χ1) is 6.69. The van der Waals surface area contributed by atoms with E-state index in [2.05, 4.69) is 0 Å². The van der Waals surface area contributed by atoms with Crippen molar-refractivity contribution in [1.29, 1.82) is 0 Å². The highest BCUT2D eigenvalue weighted by Gasteiger charge is 2.54. The van der Waals surface area contributed by atoms with Gasteiger partial charge in [-0.05, 0) is 33.6 Å². The number of ether oxygens (including phenoxy) is 1. The molecule has 1 aliphatic carbocycles. The number of hydrogen-bond acceptors (Lipinski definition) is 3. The van der Waals surface area contributed by atoms with Gasteiger partial charge in [0, 0.05) is 7.05 Å². The Morgan fingerprint density at radius 3 is 2.07 bits per heavy atom. The Hall–Kier alpha value is -1.26. The highest BCUT2D eigenvalue weighted by atomic mass is 16.6. The molecule has 15 heavy (non-hydrogen) atoms. The van der Waals surface area contributed by atoms with Gasteiger partial charge in [-0.15, -0.1) is 0 Å². The Morgan fingerprint density at radius 2 is 1.80 bits per heavy atom. The van der Waals surface area contributed by atoms with E-state index in [4.69, 9.17) is 10.5 Å². The zero-order chi connectivity index (χ0) is 11.9. The summed E-state index contributed by atoms with van der Waals surface area (Å²) in [6.07, 6.45) is 0.745. The number of carbonyl (C=O) groups is 2. The summed E-state index contributed by atoms with van der Waals surface area (Å²) >= 11 is 0. The molecule has 0 aromatic rings. The molecule has 1 aliphatic rings. The Kier molecular flexibility index (Phi) is 2.67. The molecule has 0 unspecified atom stereocenters. The summed E-state index contributed by atoms with van der Waals surface area (Å²) in [5, 5.41) is 0. The van der Waals surface area contributed by atoms with E-state index in [9.17, 15) is 9.59 Å². The van der Waals surface area contributed by atoms with E-state index in [1.165, 1.54) is 4.90 Å². The summed E-state index contributed by atoms with van der Waals surface area (Å²) in [6, 6.07) is 0. The van der Waals surface area contributed by atoms with Crippen molar-refractivity contribution in [1.82, 2.24) is 4.90 Å². The summed E-state index contributed by atoms with van der Waals surface area (Å²) in [5.41, 5.74) is 3.89. The molecule has 5 nitrogen and oxygen atoms in total. The molecule has 0 heterocycles. The van der Waals surface area contributed by atoms with Crippen LogP contribution in [0.1, 0.15) is 33.6 Å². The molecule has 86 valence electrons. The molecular formula is C10H18N2O3. The Morgan fingerprint density at radius 1 is 1.33 bits per heavy atom. The Bertz CT molecular complexity index is 290. The molecule has 0 spiro atoms. The summed E-state index contributed by atoms with van der Waals surface area (Å²) in [7, 11) is 1.55. The number of carbonyl (C=O) groups excluding carboxylic acids is 2. The fraction of sp³-hybridized carbons (Fsp3) is 0.800. The monoisotopic (exact) mass is 214 g/mol. The highest BCUT2D eigenvalue weighted by molar-refractivity contribution is 5.91. The van der Waals surface area contributed by atoms with Crippen LogP contribution in [0.3, 0.4) is 0 Å². The van der Waals surface area contributed by atoms with Gasteiger partial charge in [0.25, 0.3) is 0 Å². The standard InChI is InChI=1S/C10H18N2O3/c1-9(2,3)15-8(14)12(4)10(5-6-10)7(11)13/h5-6H2,1-4H3,(H2,11,13). The van der Waals surface area contributed by atoms with E-state index in [-0.39, 0.29) is 0 Å². The SMILES string of the molecule is CN(C(=O)OC(C)(C)C)C1(C(N)=O)CC1. The summed E-state index contributed by atoms with van der Waals surface area (Å²) in [6.45, 7) is 5.34. The highest BCUT2D eigenvalue weighted by Crippen LogP contribution is 2.41. The molecular weight excluding hydrogens is 196 g/mol. The van der Waals surface area contributed by atoms with Gasteiger partial charge in [0.15, 0.2) is 0 Å². The van der Waals surface area contributed by atoms with Crippen molar-refractivity contribution >= 4 is 12.0 Å². The minimum atomic E-state index is -0.803. The molecule has 0 aromatic heterocycles. The molecule has 0 aliphatic heterocycles. The predicted molar refractivity (Wildman–Crippen MR) is 55.2 cm³/mol. The van der Waals surface area contributed by atoms with Crippen LogP contribution in [0, 0.1) is 0 Å². The molecule has 2 amide bonds. The van der Waals surface area contributed by atoms with E-state index in [0.717, 1.165) is 0 Å². The van der Waals surface area contributed by atoms with Crippen molar-refractivity contribution in [3.05, 3.63) is 0 Å². The molecule has 0 bridgehead atoms. The third-order valence-electron chi connectivity index (χ3n) is 2.49. The fourth-order valence-electron chi connectivity index (χ4n) is 1.37. The summed E-state index contributed by atoms with van der Waals surface area (Å²) < 4.78 is 5.16. The first-order valence-electron chi connectivity index (χ1n) is 4.96. The van der Waals surface area contributed by atoms with Crippen LogP contribution in [-0.4, -0.2) is 35.1 Å². The van der Waals surface area contributed by atoms with E-state index in [1.54, 1.807) is 27.8 Å². The van der Waals surface area contributed by atoms with Crippen molar-refractivity contribution in [2.24, 2.45) is 5.73 Å². The fourth-order valence-corrected chi connectivity index (χ4v) is 1.37. The Balaban J connectivity index is 2.66. The average molecular weight is 214 g/mol. The topological polar surface area (TPSA) is 72.6 Å². The van der Waals surface area contributed by atoms with Crippen LogP contribution in [0.5, 0.6) is 0 Å². The second-order valence-electron chi connectivity index (χ2n) is 4.94. The maximum Gasteiger partial charge on any atom is 0.410 e. The minimum absolute atomic E-state index is 0.462. The van der Waals surface area contributed by atoms with E-state index < -0.39 is 23.1 Å². The number of hydrogen-bond donors (Lipinski definition) is 1. The second-order valence-corrected chi connectivity index (χ2v) is 4.94. The van der Waals surface area contributed by atoms with Gasteiger partial charge >= 0.3 is 6.09 Å². The molecule has 5 heteroatoms. The second kappa shape index (κ2) is 3.40. The van der Waals surface area contributed by atoms with Gasteiger partial charge in [0.05, 0.1) is 0 Å². The van der Waals surface area contributed by atoms with E-state index >= 15 is 0 Å². The molecule has 1 saturated carbocycles. The average Bonchev–Trinajstić information content (AvgIpc) is 2.79. The summed E-state index contributed by atoms with van der Waals surface area (Å²) in [5.74, 6) is -0.462. The van der Waals surface area contributed by atoms with Gasteiger partial charge < -0.3 is 10.5 Å². The lowest BCUT2D eigenvalue weighted by Gasteiger charge is -2.28. The van der Waals surface area contributed by atoms with Gasteiger partial charge in [0.2, 0.25) is 5.91 Å². The van der Waals surface area contributed by atoms with Crippen molar-refractivity contribution in [2.45, 2.75) is 44.8 Å². The molecule has 2 N–H and O–H groups in total. The molecule has 0 saturated heterocycles. The molecule has 0 atom stereocenters. The normalized spacial score (nSPS) is 18.1. The maximum atomic E-state index is 11.6. The van der Waals surface area contributed by atoms with E-state index in [1.807, 2.05) is 0 Å². The van der Waals surface area contributed by atoms with Gasteiger partial charge in [-0.25, -0.2) is 4.79 Å². The van der Waals surface area contributed by atoms with Crippen molar-refractivity contribution < 1.29 is 14.3 Å². The zero-order valence-electron chi connectivity index (χ0n) is 9.66. The molecule has 0 aromatic carbocycles. The number of nitrogens with zero attached hydrogens (tertiary/aromatic N) is 1. The van der Waals surface area contributed by atoms with Gasteiger partial charge in [-0.3, -0.25) is 9.69 Å². The summed E-state index contributed by atoms with van der Waals surface area (Å²) in [4.78, 5) is 24.1. The van der Waals surface area contributed by atoms with Crippen LogP contribution in [-0.2, 0) is 9.53 Å². The lowest BCUT2D eigenvalue weighted by molar-refractivity contribution is -0.124.